The Hall–Kier alpha value is -4.16. The highest BCUT2D eigenvalue weighted by Crippen LogP contribution is 2.35. The van der Waals surface area contributed by atoms with Crippen molar-refractivity contribution >= 4 is 17.5 Å². The lowest BCUT2D eigenvalue weighted by Crippen LogP contribution is -2.30. The Morgan fingerprint density at radius 3 is 2.92 bits per heavy atom. The van der Waals surface area contributed by atoms with Gasteiger partial charge in [-0.25, -0.2) is 9.97 Å². The Kier molecular flexibility index (Phi) is 6.44. The Morgan fingerprint density at radius 1 is 1.33 bits per heavy atom. The van der Waals surface area contributed by atoms with Gasteiger partial charge in [-0.2, -0.15) is 5.10 Å². The Bertz CT molecular complexity index is 1380. The van der Waals surface area contributed by atoms with Gasteiger partial charge in [-0.05, 0) is 43.1 Å². The second kappa shape index (κ2) is 9.84. The van der Waals surface area contributed by atoms with Crippen LogP contribution < -0.4 is 11.1 Å². The minimum atomic E-state index is -0.756. The van der Waals surface area contributed by atoms with Crippen molar-refractivity contribution in [1.29, 1.82) is 0 Å². The van der Waals surface area contributed by atoms with Gasteiger partial charge in [0.05, 0.1) is 29.6 Å². The van der Waals surface area contributed by atoms with Gasteiger partial charge in [0.1, 0.15) is 0 Å². The average molecular weight is 490 g/mol. The third kappa shape index (κ3) is 5.09. The number of nitrogens with two attached hydrogens (primary N) is 1. The molecule has 1 amide bonds. The van der Waals surface area contributed by atoms with Gasteiger partial charge >= 0.3 is 11.8 Å². The van der Waals surface area contributed by atoms with Crippen molar-refractivity contribution in [3.63, 3.8) is 0 Å². The number of nitrogens with zero attached hydrogens (tertiary/aromatic N) is 7. The topological polar surface area (TPSA) is 161 Å². The molecule has 12 heteroatoms. The van der Waals surface area contributed by atoms with Crippen LogP contribution in [-0.2, 0) is 13.6 Å². The number of aromatic nitrogens is 6. The van der Waals surface area contributed by atoms with Gasteiger partial charge in [-0.1, -0.05) is 12.1 Å². The second-order valence-corrected chi connectivity index (χ2v) is 8.94. The Labute approximate surface area is 207 Å². The van der Waals surface area contributed by atoms with E-state index in [0.29, 0.717) is 37.9 Å². The number of rotatable bonds is 7. The number of aliphatic hydroxyl groups excluding tert-OH is 1. The SMILES string of the molecule is C[C@@H](O)CN1CC[C@H](c2nnc(C(N)=O)o2)c2ccc(-c3ccnc(Nc4cnn(C)c4)n3)cc2C1. The summed E-state index contributed by atoms with van der Waals surface area (Å²) in [5, 5.41) is 25.2. The maximum atomic E-state index is 11.5. The van der Waals surface area contributed by atoms with Crippen LogP contribution in [0.4, 0.5) is 11.6 Å². The van der Waals surface area contributed by atoms with Crippen LogP contribution in [-0.4, -0.2) is 65.1 Å². The maximum Gasteiger partial charge on any atom is 0.306 e. The molecule has 0 bridgehead atoms. The molecule has 0 aliphatic carbocycles. The van der Waals surface area contributed by atoms with E-state index >= 15 is 0 Å². The van der Waals surface area contributed by atoms with Crippen molar-refractivity contribution in [1.82, 2.24) is 34.8 Å². The summed E-state index contributed by atoms with van der Waals surface area (Å²) in [5.41, 5.74) is 9.86. The van der Waals surface area contributed by atoms with E-state index in [2.05, 4.69) is 41.5 Å². The molecule has 0 saturated carbocycles. The van der Waals surface area contributed by atoms with E-state index in [0.717, 1.165) is 28.1 Å². The highest BCUT2D eigenvalue weighted by molar-refractivity contribution is 5.87. The van der Waals surface area contributed by atoms with Gasteiger partial charge in [0.15, 0.2) is 0 Å². The summed E-state index contributed by atoms with van der Waals surface area (Å²) in [6.45, 7) is 3.64. The summed E-state index contributed by atoms with van der Waals surface area (Å²) in [6, 6.07) is 7.97. The van der Waals surface area contributed by atoms with Crippen molar-refractivity contribution in [2.75, 3.05) is 18.4 Å². The lowest BCUT2D eigenvalue weighted by Gasteiger charge is -2.22. The number of amides is 1. The van der Waals surface area contributed by atoms with E-state index in [1.54, 1.807) is 24.0 Å². The van der Waals surface area contributed by atoms with Gasteiger partial charge in [0.2, 0.25) is 11.8 Å². The predicted molar refractivity (Wildman–Crippen MR) is 130 cm³/mol. The average Bonchev–Trinajstić information content (AvgIpc) is 3.45. The van der Waals surface area contributed by atoms with E-state index < -0.39 is 12.0 Å². The molecule has 0 spiro atoms. The lowest BCUT2D eigenvalue weighted by atomic mass is 9.91. The molecule has 4 heterocycles. The standard InChI is InChI=1S/C24H27N9O3/c1-14(34)11-33-8-6-19(22-30-31-23(36-22)21(25)35)18-4-3-15(9-16(18)12-33)20-5-7-26-24(29-20)28-17-10-27-32(2)13-17/h3-5,7,9-10,13-14,19,34H,6,8,11-12H2,1-2H3,(H2,25,35)(H,26,28,29)/t14-,19+/m1/s1. The van der Waals surface area contributed by atoms with Crippen molar-refractivity contribution in [3.8, 4) is 11.3 Å². The van der Waals surface area contributed by atoms with Crippen molar-refractivity contribution in [2.45, 2.75) is 31.9 Å². The van der Waals surface area contributed by atoms with E-state index in [1.165, 1.54) is 0 Å². The minimum absolute atomic E-state index is 0.206. The zero-order valence-corrected chi connectivity index (χ0v) is 20.0. The number of hydrogen-bond acceptors (Lipinski definition) is 10. The van der Waals surface area contributed by atoms with Crippen LogP contribution in [0.25, 0.3) is 11.3 Å². The van der Waals surface area contributed by atoms with Crippen LogP contribution in [0, 0.1) is 0 Å². The molecular formula is C24H27N9O3. The van der Waals surface area contributed by atoms with E-state index in [1.807, 2.05) is 31.4 Å². The highest BCUT2D eigenvalue weighted by Gasteiger charge is 2.29. The number of fused-ring (bicyclic) bond motifs is 1. The lowest BCUT2D eigenvalue weighted by molar-refractivity contribution is 0.0964. The van der Waals surface area contributed by atoms with Crippen LogP contribution in [0.1, 0.15) is 47.0 Å². The molecule has 2 atom stereocenters. The number of β-amino-alcohol motifs (C(OH)–C–C–N with tert-alkyl or cyclic N) is 1. The number of carbonyl (C=O) groups excluding carboxylic acids is 1. The first-order valence-corrected chi connectivity index (χ1v) is 11.6. The molecule has 3 aromatic heterocycles. The highest BCUT2D eigenvalue weighted by atomic mass is 16.4. The summed E-state index contributed by atoms with van der Waals surface area (Å²) < 4.78 is 7.30. The van der Waals surface area contributed by atoms with E-state index in [4.69, 9.17) is 10.2 Å². The fourth-order valence-corrected chi connectivity index (χ4v) is 4.48. The van der Waals surface area contributed by atoms with Gasteiger partial charge < -0.3 is 20.6 Å². The van der Waals surface area contributed by atoms with Crippen molar-refractivity contribution in [3.05, 3.63) is 65.8 Å². The smallest absolute Gasteiger partial charge is 0.306 e. The monoisotopic (exact) mass is 489 g/mol. The van der Waals surface area contributed by atoms with E-state index in [9.17, 15) is 9.90 Å². The number of carbonyl (C=O) groups is 1. The predicted octanol–water partition coefficient (Wildman–Crippen LogP) is 1.82. The van der Waals surface area contributed by atoms with Crippen LogP contribution in [0.5, 0.6) is 0 Å². The summed E-state index contributed by atoms with van der Waals surface area (Å²) in [7, 11) is 1.84. The molecule has 1 aromatic carbocycles. The fourth-order valence-electron chi connectivity index (χ4n) is 4.48. The number of benzene rings is 1. The van der Waals surface area contributed by atoms with E-state index in [-0.39, 0.29) is 11.8 Å². The number of primary amides is 1. The molecule has 0 unspecified atom stereocenters. The first kappa shape index (κ1) is 23.6. The Morgan fingerprint density at radius 2 is 2.19 bits per heavy atom. The van der Waals surface area contributed by atoms with Gasteiger partial charge in [-0.3, -0.25) is 14.4 Å². The molecule has 186 valence electrons. The zero-order valence-electron chi connectivity index (χ0n) is 20.0. The molecule has 1 aliphatic rings. The first-order chi connectivity index (χ1) is 17.4. The van der Waals surface area contributed by atoms with Gasteiger partial charge in [0, 0.05) is 38.1 Å². The molecule has 4 N–H and O–H groups in total. The maximum absolute atomic E-state index is 11.5. The molecule has 0 radical (unpaired) electrons. The number of hydrogen-bond donors (Lipinski definition) is 3. The number of aryl methyl sites for hydroxylation is 1. The zero-order chi connectivity index (χ0) is 25.2. The molecule has 12 nitrogen and oxygen atoms in total. The normalized spacial score (nSPS) is 16.8. The molecule has 0 saturated heterocycles. The van der Waals surface area contributed by atoms with Gasteiger partial charge in [0.25, 0.3) is 0 Å². The molecule has 5 rings (SSSR count). The summed E-state index contributed by atoms with van der Waals surface area (Å²) in [5.74, 6) is -0.353. The second-order valence-electron chi connectivity index (χ2n) is 8.94. The van der Waals surface area contributed by atoms with Crippen LogP contribution in [0.2, 0.25) is 0 Å². The molecule has 0 fully saturated rings. The third-order valence-electron chi connectivity index (χ3n) is 6.03. The van der Waals surface area contributed by atoms with Crippen LogP contribution in [0.3, 0.4) is 0 Å². The molecule has 4 aromatic rings. The number of nitrogens with one attached hydrogen (secondary N) is 1. The Balaban J connectivity index is 1.49. The fraction of sp³-hybridized carbons (Fsp3) is 0.333. The minimum Gasteiger partial charge on any atom is -0.416 e. The third-order valence-corrected chi connectivity index (χ3v) is 6.03. The first-order valence-electron chi connectivity index (χ1n) is 11.6. The van der Waals surface area contributed by atoms with Crippen molar-refractivity contribution in [2.24, 2.45) is 12.8 Å². The molecule has 36 heavy (non-hydrogen) atoms. The number of anilines is 2. The number of aliphatic hydroxyl groups is 1. The molecule has 1 aliphatic heterocycles. The summed E-state index contributed by atoms with van der Waals surface area (Å²) >= 11 is 0. The molecular weight excluding hydrogens is 462 g/mol. The van der Waals surface area contributed by atoms with Gasteiger partial charge in [-0.15, -0.1) is 10.2 Å². The summed E-state index contributed by atoms with van der Waals surface area (Å²) in [6.07, 6.45) is 5.47. The van der Waals surface area contributed by atoms with Crippen LogP contribution in [0.15, 0.2) is 47.3 Å². The summed E-state index contributed by atoms with van der Waals surface area (Å²) in [4.78, 5) is 22.7. The largest absolute Gasteiger partial charge is 0.416 e. The van der Waals surface area contributed by atoms with Crippen molar-refractivity contribution < 1.29 is 14.3 Å². The van der Waals surface area contributed by atoms with Crippen LogP contribution >= 0.6 is 0 Å². The quantitative estimate of drug-likeness (QED) is 0.349.